The third-order valence-electron chi connectivity index (χ3n) is 0.965. The first-order valence-corrected chi connectivity index (χ1v) is 3.58. The van der Waals surface area contributed by atoms with Crippen molar-refractivity contribution in [2.75, 3.05) is 6.61 Å². The van der Waals surface area contributed by atoms with Gasteiger partial charge in [-0.2, -0.15) is 8.78 Å². The first-order chi connectivity index (χ1) is 4.84. The van der Waals surface area contributed by atoms with E-state index in [1.807, 2.05) is 0 Å². The van der Waals surface area contributed by atoms with Gasteiger partial charge in [0.1, 0.15) is 0 Å². The molecule has 0 amide bonds. The summed E-state index contributed by atoms with van der Waals surface area (Å²) in [5.74, 6) is 0. The molecule has 11 heavy (non-hydrogen) atoms. The van der Waals surface area contributed by atoms with E-state index in [1.54, 1.807) is 13.8 Å². The van der Waals surface area contributed by atoms with E-state index in [2.05, 4.69) is 11.6 Å². The zero-order chi connectivity index (χ0) is 9.07. The minimum atomic E-state index is -3.60. The van der Waals surface area contributed by atoms with Gasteiger partial charge in [-0.1, -0.05) is 0 Å². The molecule has 1 atom stereocenters. The highest BCUT2D eigenvalue weighted by Crippen LogP contribution is 2.23. The number of alkyl halides is 3. The van der Waals surface area contributed by atoms with Gasteiger partial charge in [-0.3, -0.25) is 0 Å². The lowest BCUT2D eigenvalue weighted by molar-refractivity contribution is -0.0906. The van der Waals surface area contributed by atoms with Crippen LogP contribution in [0.25, 0.3) is 0 Å². The second-order valence-corrected chi connectivity index (χ2v) is 2.94. The fourth-order valence-electron chi connectivity index (χ4n) is 0.378. The van der Waals surface area contributed by atoms with Gasteiger partial charge in [-0.25, -0.2) is 0 Å². The lowest BCUT2D eigenvalue weighted by Gasteiger charge is -2.17. The van der Waals surface area contributed by atoms with Gasteiger partial charge in [-0.15, -0.1) is 0 Å². The molecule has 0 saturated heterocycles. The van der Waals surface area contributed by atoms with E-state index < -0.39 is 18.1 Å². The molecule has 0 fully saturated rings. The maximum atomic E-state index is 12.0. The largest absolute Gasteiger partial charge is 0.383 e. The summed E-state index contributed by atoms with van der Waals surface area (Å²) in [6.45, 7) is 2.91. The van der Waals surface area contributed by atoms with E-state index >= 15 is 0 Å². The Balaban J connectivity index is 3.61. The molecule has 2 nitrogen and oxygen atoms in total. The molecule has 0 aliphatic rings. The third-order valence-corrected chi connectivity index (χ3v) is 1.22. The Kier molecular flexibility index (Phi) is 4.21. The molecule has 68 valence electrons. The predicted molar refractivity (Wildman–Crippen MR) is 37.9 cm³/mol. The van der Waals surface area contributed by atoms with Gasteiger partial charge in [-0.05, 0) is 25.4 Å². The van der Waals surface area contributed by atoms with Gasteiger partial charge in [0, 0.05) is 0 Å². The lowest BCUT2D eigenvalue weighted by Crippen LogP contribution is -2.32. The van der Waals surface area contributed by atoms with E-state index in [0.29, 0.717) is 0 Å². The maximum Gasteiger partial charge on any atom is 0.349 e. The molecule has 0 saturated carbocycles. The lowest BCUT2D eigenvalue weighted by atomic mass is 10.4. The standard InChI is InChI=1S/C6H11ClF2O2/c1-4(2)11-3-5(10)6(7,8)9/h4-5,10H,3H2,1-2H3. The highest BCUT2D eigenvalue weighted by molar-refractivity contribution is 6.22. The van der Waals surface area contributed by atoms with Gasteiger partial charge >= 0.3 is 5.38 Å². The SMILES string of the molecule is CC(C)OCC(O)C(F)(F)Cl. The highest BCUT2D eigenvalue weighted by atomic mass is 35.5. The van der Waals surface area contributed by atoms with Gasteiger partial charge in [0.2, 0.25) is 0 Å². The topological polar surface area (TPSA) is 29.5 Å². The summed E-state index contributed by atoms with van der Waals surface area (Å²) in [4.78, 5) is 0. The molecule has 0 heterocycles. The second kappa shape index (κ2) is 4.18. The van der Waals surface area contributed by atoms with Crippen LogP contribution in [0.3, 0.4) is 0 Å². The number of halogens is 3. The Morgan fingerprint density at radius 3 is 2.27 bits per heavy atom. The molecular weight excluding hydrogens is 178 g/mol. The van der Waals surface area contributed by atoms with Crippen LogP contribution in [0.5, 0.6) is 0 Å². The average molecular weight is 189 g/mol. The van der Waals surface area contributed by atoms with Crippen LogP contribution in [-0.2, 0) is 4.74 Å². The molecular formula is C6H11ClF2O2. The number of aliphatic hydroxyl groups is 1. The number of ether oxygens (including phenoxy) is 1. The Labute approximate surface area is 69.1 Å². The summed E-state index contributed by atoms with van der Waals surface area (Å²) in [6, 6.07) is 0. The van der Waals surface area contributed by atoms with E-state index in [4.69, 9.17) is 9.84 Å². The maximum absolute atomic E-state index is 12.0. The van der Waals surface area contributed by atoms with Crippen molar-refractivity contribution in [1.29, 1.82) is 0 Å². The van der Waals surface area contributed by atoms with Crippen molar-refractivity contribution in [2.45, 2.75) is 31.4 Å². The van der Waals surface area contributed by atoms with Gasteiger partial charge in [0.15, 0.2) is 6.10 Å². The quantitative estimate of drug-likeness (QED) is 0.680. The molecule has 0 aliphatic carbocycles. The number of hydrogen-bond donors (Lipinski definition) is 1. The van der Waals surface area contributed by atoms with Crippen LogP contribution in [0.1, 0.15) is 13.8 Å². The Morgan fingerprint density at radius 1 is 1.55 bits per heavy atom. The molecule has 0 rings (SSSR count). The van der Waals surface area contributed by atoms with Crippen molar-refractivity contribution < 1.29 is 18.6 Å². The zero-order valence-corrected chi connectivity index (χ0v) is 7.11. The summed E-state index contributed by atoms with van der Waals surface area (Å²) >= 11 is 4.50. The molecule has 0 spiro atoms. The molecule has 0 aromatic heterocycles. The van der Waals surface area contributed by atoms with E-state index in [9.17, 15) is 8.78 Å². The van der Waals surface area contributed by atoms with Crippen LogP contribution in [0.15, 0.2) is 0 Å². The molecule has 0 aliphatic heterocycles. The van der Waals surface area contributed by atoms with E-state index in [0.717, 1.165) is 0 Å². The van der Waals surface area contributed by atoms with Crippen molar-refractivity contribution in [3.8, 4) is 0 Å². The number of aliphatic hydroxyl groups excluding tert-OH is 1. The molecule has 1 unspecified atom stereocenters. The summed E-state index contributed by atoms with van der Waals surface area (Å²) in [5, 5.41) is 5.03. The van der Waals surface area contributed by atoms with Crippen LogP contribution in [0.4, 0.5) is 8.78 Å². The van der Waals surface area contributed by atoms with Crippen LogP contribution in [-0.4, -0.2) is 29.3 Å². The molecule has 1 N–H and O–H groups in total. The van der Waals surface area contributed by atoms with E-state index in [-0.39, 0.29) is 6.10 Å². The third kappa shape index (κ3) is 5.35. The Morgan fingerprint density at radius 2 is 2.00 bits per heavy atom. The van der Waals surface area contributed by atoms with Crippen LogP contribution in [0, 0.1) is 0 Å². The van der Waals surface area contributed by atoms with Crippen molar-refractivity contribution >= 4 is 11.6 Å². The Bertz CT molecular complexity index is 114. The van der Waals surface area contributed by atoms with Gasteiger partial charge < -0.3 is 9.84 Å². The fraction of sp³-hybridized carbons (Fsp3) is 1.00. The normalized spacial score (nSPS) is 15.5. The first kappa shape index (κ1) is 11.1. The number of rotatable bonds is 4. The smallest absolute Gasteiger partial charge is 0.349 e. The second-order valence-electron chi connectivity index (χ2n) is 2.44. The van der Waals surface area contributed by atoms with Crippen LogP contribution < -0.4 is 0 Å². The average Bonchev–Trinajstić information content (AvgIpc) is 1.80. The fourth-order valence-corrected chi connectivity index (χ4v) is 0.441. The molecule has 5 heteroatoms. The van der Waals surface area contributed by atoms with Crippen molar-refractivity contribution in [2.24, 2.45) is 0 Å². The van der Waals surface area contributed by atoms with Gasteiger partial charge in [0.05, 0.1) is 12.7 Å². The predicted octanol–water partition coefficient (Wildman–Crippen LogP) is 1.60. The Hall–Kier alpha value is 0.0700. The minimum Gasteiger partial charge on any atom is -0.383 e. The monoisotopic (exact) mass is 188 g/mol. The zero-order valence-electron chi connectivity index (χ0n) is 6.35. The molecule has 0 aromatic rings. The van der Waals surface area contributed by atoms with Crippen LogP contribution >= 0.6 is 11.6 Å². The molecule has 0 aromatic carbocycles. The summed E-state index contributed by atoms with van der Waals surface area (Å²) in [6.07, 6.45) is -2.13. The molecule has 0 bridgehead atoms. The van der Waals surface area contributed by atoms with Crippen molar-refractivity contribution in [3.63, 3.8) is 0 Å². The van der Waals surface area contributed by atoms with Gasteiger partial charge in [0.25, 0.3) is 0 Å². The summed E-state index contributed by atoms with van der Waals surface area (Å²) < 4.78 is 28.7. The summed E-state index contributed by atoms with van der Waals surface area (Å²) in [7, 11) is 0. The number of hydrogen-bond acceptors (Lipinski definition) is 2. The van der Waals surface area contributed by atoms with E-state index in [1.165, 1.54) is 0 Å². The first-order valence-electron chi connectivity index (χ1n) is 3.20. The molecule has 0 radical (unpaired) electrons. The summed E-state index contributed by atoms with van der Waals surface area (Å²) in [5.41, 5.74) is 0. The van der Waals surface area contributed by atoms with Crippen molar-refractivity contribution in [3.05, 3.63) is 0 Å². The van der Waals surface area contributed by atoms with Crippen LogP contribution in [0.2, 0.25) is 0 Å². The van der Waals surface area contributed by atoms with Crippen molar-refractivity contribution in [1.82, 2.24) is 0 Å². The minimum absolute atomic E-state index is 0.191. The highest BCUT2D eigenvalue weighted by Gasteiger charge is 2.35.